The highest BCUT2D eigenvalue weighted by Crippen LogP contribution is 2.25. The van der Waals surface area contributed by atoms with Gasteiger partial charge >= 0.3 is 0 Å². The van der Waals surface area contributed by atoms with Gasteiger partial charge in [0, 0.05) is 18.0 Å². The van der Waals surface area contributed by atoms with Crippen LogP contribution in [0.3, 0.4) is 0 Å². The van der Waals surface area contributed by atoms with Crippen molar-refractivity contribution >= 4 is 22.2 Å². The highest BCUT2D eigenvalue weighted by Gasteiger charge is 2.20. The molecule has 1 N–H and O–H groups in total. The molecule has 0 spiro atoms. The second kappa shape index (κ2) is 4.92. The molecule has 3 aromatic rings. The average Bonchev–Trinajstić information content (AvgIpc) is 3.21. The molecule has 5 heteroatoms. The van der Waals surface area contributed by atoms with Gasteiger partial charge < -0.3 is 5.32 Å². The van der Waals surface area contributed by atoms with E-state index in [0.717, 1.165) is 33.2 Å². The van der Waals surface area contributed by atoms with Crippen molar-refractivity contribution in [1.82, 2.24) is 20.5 Å². The molecular weight excluding hydrogens is 268 g/mol. The molecule has 4 rings (SSSR count). The van der Waals surface area contributed by atoms with Crippen molar-refractivity contribution in [2.75, 3.05) is 0 Å². The molecule has 20 heavy (non-hydrogen) atoms. The molecule has 100 valence electrons. The highest BCUT2D eigenvalue weighted by molar-refractivity contribution is 7.14. The van der Waals surface area contributed by atoms with Crippen molar-refractivity contribution in [3.63, 3.8) is 0 Å². The first-order valence-corrected chi connectivity index (χ1v) is 7.62. The monoisotopic (exact) mass is 282 g/mol. The first-order chi connectivity index (χ1) is 9.88. The third-order valence-corrected chi connectivity index (χ3v) is 4.35. The maximum absolute atomic E-state index is 4.65. The van der Waals surface area contributed by atoms with Crippen LogP contribution in [-0.4, -0.2) is 21.2 Å². The normalized spacial score (nSPS) is 14.8. The Hall–Kier alpha value is -1.85. The van der Waals surface area contributed by atoms with Gasteiger partial charge in [-0.25, -0.2) is 4.98 Å². The zero-order chi connectivity index (χ0) is 13.4. The topological polar surface area (TPSA) is 50.7 Å². The summed E-state index contributed by atoms with van der Waals surface area (Å²) in [6.45, 7) is 0.815. The molecule has 1 aliphatic rings. The minimum atomic E-state index is 0.696. The van der Waals surface area contributed by atoms with E-state index in [1.807, 2.05) is 24.3 Å². The van der Waals surface area contributed by atoms with Crippen LogP contribution in [0.5, 0.6) is 0 Å². The van der Waals surface area contributed by atoms with Crippen LogP contribution in [0, 0.1) is 0 Å². The van der Waals surface area contributed by atoms with Crippen molar-refractivity contribution in [1.29, 1.82) is 0 Å². The summed E-state index contributed by atoms with van der Waals surface area (Å²) in [5, 5.41) is 15.0. The van der Waals surface area contributed by atoms with Gasteiger partial charge in [-0.2, -0.15) is 0 Å². The zero-order valence-corrected chi connectivity index (χ0v) is 11.7. The molecular formula is C15H14N4S. The highest BCUT2D eigenvalue weighted by atomic mass is 32.1. The Bertz CT molecular complexity index is 748. The number of nitrogens with zero attached hydrogens (tertiary/aromatic N) is 3. The SMILES string of the molecule is c1ccc2nc(-c3nnc(CNC4CC4)s3)ccc2c1. The van der Waals surface area contributed by atoms with Crippen LogP contribution in [0.2, 0.25) is 0 Å². The van der Waals surface area contributed by atoms with Crippen molar-refractivity contribution in [3.8, 4) is 10.7 Å². The summed E-state index contributed by atoms with van der Waals surface area (Å²) in [6, 6.07) is 12.9. The van der Waals surface area contributed by atoms with Crippen LogP contribution in [0.25, 0.3) is 21.6 Å². The lowest BCUT2D eigenvalue weighted by Crippen LogP contribution is -2.14. The predicted octanol–water partition coefficient (Wildman–Crippen LogP) is 3.01. The van der Waals surface area contributed by atoms with Crippen molar-refractivity contribution < 1.29 is 0 Å². The summed E-state index contributed by atoms with van der Waals surface area (Å²) in [7, 11) is 0. The molecule has 0 unspecified atom stereocenters. The summed E-state index contributed by atoms with van der Waals surface area (Å²) >= 11 is 1.62. The number of benzene rings is 1. The van der Waals surface area contributed by atoms with E-state index in [0.29, 0.717) is 6.04 Å². The molecule has 1 saturated carbocycles. The lowest BCUT2D eigenvalue weighted by molar-refractivity contribution is 0.679. The number of hydrogen-bond acceptors (Lipinski definition) is 5. The number of nitrogens with one attached hydrogen (secondary N) is 1. The molecule has 0 radical (unpaired) electrons. The molecule has 2 heterocycles. The van der Waals surface area contributed by atoms with Crippen LogP contribution >= 0.6 is 11.3 Å². The maximum atomic E-state index is 4.65. The molecule has 1 fully saturated rings. The minimum absolute atomic E-state index is 0.696. The fourth-order valence-electron chi connectivity index (χ4n) is 2.13. The summed E-state index contributed by atoms with van der Waals surface area (Å²) < 4.78 is 0. The first-order valence-electron chi connectivity index (χ1n) is 6.80. The van der Waals surface area contributed by atoms with E-state index < -0.39 is 0 Å². The third kappa shape index (κ3) is 2.42. The lowest BCUT2D eigenvalue weighted by Gasteiger charge is -1.99. The average molecular weight is 282 g/mol. The van der Waals surface area contributed by atoms with Crippen molar-refractivity contribution in [2.24, 2.45) is 0 Å². The Morgan fingerprint density at radius 2 is 2.00 bits per heavy atom. The minimum Gasteiger partial charge on any atom is -0.308 e. The van der Waals surface area contributed by atoms with Crippen LogP contribution in [0.4, 0.5) is 0 Å². The maximum Gasteiger partial charge on any atom is 0.166 e. The molecule has 2 aromatic heterocycles. The van der Waals surface area contributed by atoms with Gasteiger partial charge in [-0.05, 0) is 25.0 Å². The molecule has 0 saturated heterocycles. The number of pyridine rings is 1. The standard InChI is InChI=1S/C15H14N4S/c1-2-4-12-10(3-1)5-8-13(17-12)15-19-18-14(20-15)9-16-11-6-7-11/h1-5,8,11,16H,6-7,9H2. The molecule has 1 aromatic carbocycles. The second-order valence-corrected chi connectivity index (χ2v) is 6.11. The Balaban J connectivity index is 1.60. The molecule has 0 aliphatic heterocycles. The Labute approximate surface area is 120 Å². The molecule has 4 nitrogen and oxygen atoms in total. The number of para-hydroxylation sites is 1. The fraction of sp³-hybridized carbons (Fsp3) is 0.267. The molecule has 0 amide bonds. The lowest BCUT2D eigenvalue weighted by atomic mass is 10.2. The van der Waals surface area contributed by atoms with E-state index in [1.54, 1.807) is 11.3 Å². The van der Waals surface area contributed by atoms with Crippen molar-refractivity contribution in [3.05, 3.63) is 41.4 Å². The van der Waals surface area contributed by atoms with E-state index in [-0.39, 0.29) is 0 Å². The Kier molecular flexibility index (Phi) is 2.94. The molecule has 1 aliphatic carbocycles. The van der Waals surface area contributed by atoms with Gasteiger partial charge in [0.1, 0.15) is 10.7 Å². The van der Waals surface area contributed by atoms with Crippen molar-refractivity contribution in [2.45, 2.75) is 25.4 Å². The van der Waals surface area contributed by atoms with E-state index in [4.69, 9.17) is 0 Å². The molecule has 0 atom stereocenters. The van der Waals surface area contributed by atoms with Gasteiger partial charge in [-0.3, -0.25) is 0 Å². The summed E-state index contributed by atoms with van der Waals surface area (Å²) in [6.07, 6.45) is 2.58. The summed E-state index contributed by atoms with van der Waals surface area (Å²) in [5.74, 6) is 0. The Morgan fingerprint density at radius 1 is 1.10 bits per heavy atom. The van der Waals surface area contributed by atoms with E-state index >= 15 is 0 Å². The second-order valence-electron chi connectivity index (χ2n) is 5.05. The van der Waals surface area contributed by atoms with E-state index in [2.05, 4.69) is 32.6 Å². The quantitative estimate of drug-likeness (QED) is 0.799. The molecule has 0 bridgehead atoms. The number of rotatable bonds is 4. The van der Waals surface area contributed by atoms with Gasteiger partial charge in [-0.15, -0.1) is 10.2 Å². The van der Waals surface area contributed by atoms with E-state index in [1.165, 1.54) is 12.8 Å². The zero-order valence-electron chi connectivity index (χ0n) is 10.9. The van der Waals surface area contributed by atoms with Crippen LogP contribution in [0.1, 0.15) is 17.8 Å². The summed E-state index contributed by atoms with van der Waals surface area (Å²) in [4.78, 5) is 4.65. The van der Waals surface area contributed by atoms with E-state index in [9.17, 15) is 0 Å². The van der Waals surface area contributed by atoms with Gasteiger partial charge in [0.25, 0.3) is 0 Å². The van der Waals surface area contributed by atoms with Crippen LogP contribution in [-0.2, 0) is 6.54 Å². The predicted molar refractivity (Wildman–Crippen MR) is 80.5 cm³/mol. The van der Waals surface area contributed by atoms with Gasteiger partial charge in [-0.1, -0.05) is 35.6 Å². The largest absolute Gasteiger partial charge is 0.308 e. The van der Waals surface area contributed by atoms with Gasteiger partial charge in [0.05, 0.1) is 5.52 Å². The fourth-order valence-corrected chi connectivity index (χ4v) is 2.89. The van der Waals surface area contributed by atoms with Gasteiger partial charge in [0.15, 0.2) is 5.01 Å². The number of hydrogen-bond donors (Lipinski definition) is 1. The van der Waals surface area contributed by atoms with Crippen LogP contribution in [0.15, 0.2) is 36.4 Å². The number of aromatic nitrogens is 3. The first kappa shape index (κ1) is 11.9. The smallest absolute Gasteiger partial charge is 0.166 e. The van der Waals surface area contributed by atoms with Gasteiger partial charge in [0.2, 0.25) is 0 Å². The van der Waals surface area contributed by atoms with Crippen LogP contribution < -0.4 is 5.32 Å². The third-order valence-electron chi connectivity index (χ3n) is 3.40. The number of fused-ring (bicyclic) bond motifs is 1. The Morgan fingerprint density at radius 3 is 2.90 bits per heavy atom. The summed E-state index contributed by atoms with van der Waals surface area (Å²) in [5.41, 5.74) is 1.90.